The zero-order valence-electron chi connectivity index (χ0n) is 7.02. The molecule has 0 spiro atoms. The number of piperidine rings is 1. The number of sulfonamides is 1. The minimum atomic E-state index is -3.02. The van der Waals surface area contributed by atoms with E-state index in [-0.39, 0.29) is 0 Å². The van der Waals surface area contributed by atoms with Crippen LogP contribution in [-0.4, -0.2) is 37.8 Å². The van der Waals surface area contributed by atoms with Crippen LogP contribution in [0.3, 0.4) is 0 Å². The summed E-state index contributed by atoms with van der Waals surface area (Å²) in [5.74, 6) is 5.08. The summed E-state index contributed by atoms with van der Waals surface area (Å²) in [5, 5.41) is 3.56. The summed E-state index contributed by atoms with van der Waals surface area (Å²) in [5.41, 5.74) is 0.898. The van der Waals surface area contributed by atoms with Gasteiger partial charge in [-0.3, -0.25) is 0 Å². The van der Waals surface area contributed by atoms with Gasteiger partial charge in [0.05, 0.1) is 6.26 Å². The summed E-state index contributed by atoms with van der Waals surface area (Å²) < 4.78 is 23.5. The van der Waals surface area contributed by atoms with Crippen LogP contribution in [0.15, 0.2) is 5.10 Å². The smallest absolute Gasteiger partial charge is 0.211 e. The Morgan fingerprint density at radius 2 is 1.92 bits per heavy atom. The third-order valence-corrected chi connectivity index (χ3v) is 3.25. The molecule has 0 unspecified atom stereocenters. The minimum absolute atomic E-state index is 0.509. The fourth-order valence-electron chi connectivity index (χ4n) is 1.21. The highest BCUT2D eigenvalue weighted by atomic mass is 32.2. The van der Waals surface area contributed by atoms with Crippen LogP contribution in [0.4, 0.5) is 0 Å². The third kappa shape index (κ3) is 2.18. The quantitative estimate of drug-likeness (QED) is 0.442. The largest absolute Gasteiger partial charge is 0.323 e. The molecule has 1 saturated heterocycles. The van der Waals surface area contributed by atoms with Crippen molar-refractivity contribution in [1.29, 1.82) is 0 Å². The van der Waals surface area contributed by atoms with Gasteiger partial charge in [0, 0.05) is 31.6 Å². The lowest BCUT2D eigenvalue weighted by Gasteiger charge is -2.24. The van der Waals surface area contributed by atoms with E-state index in [1.54, 1.807) is 0 Å². The van der Waals surface area contributed by atoms with Crippen molar-refractivity contribution in [1.82, 2.24) is 4.31 Å². The normalized spacial score (nSPS) is 20.9. The van der Waals surface area contributed by atoms with E-state index in [1.165, 1.54) is 10.6 Å². The molecular weight excluding hydrogens is 178 g/mol. The fourth-order valence-corrected chi connectivity index (χ4v) is 2.05. The molecule has 0 atom stereocenters. The first-order valence-corrected chi connectivity index (χ1v) is 5.59. The van der Waals surface area contributed by atoms with E-state index < -0.39 is 10.0 Å². The van der Waals surface area contributed by atoms with Crippen molar-refractivity contribution < 1.29 is 8.42 Å². The Bertz CT molecular complexity index is 273. The summed E-state index contributed by atoms with van der Waals surface area (Å²) in [6, 6.07) is 0. The molecule has 1 heterocycles. The van der Waals surface area contributed by atoms with Gasteiger partial charge in [0.15, 0.2) is 0 Å². The molecule has 0 aromatic rings. The lowest BCUT2D eigenvalue weighted by atomic mass is 10.1. The molecule has 0 aliphatic carbocycles. The van der Waals surface area contributed by atoms with Gasteiger partial charge in [-0.25, -0.2) is 12.7 Å². The van der Waals surface area contributed by atoms with E-state index in [2.05, 4.69) is 5.10 Å². The summed E-state index contributed by atoms with van der Waals surface area (Å²) in [4.78, 5) is 0. The highest BCUT2D eigenvalue weighted by Crippen LogP contribution is 2.09. The Morgan fingerprint density at radius 3 is 2.25 bits per heavy atom. The molecule has 1 aliphatic heterocycles. The van der Waals surface area contributed by atoms with Crippen molar-refractivity contribution >= 4 is 15.7 Å². The number of nitrogens with two attached hydrogens (primary N) is 1. The first-order valence-electron chi connectivity index (χ1n) is 3.75. The van der Waals surface area contributed by atoms with Gasteiger partial charge in [0.1, 0.15) is 0 Å². The summed E-state index contributed by atoms with van der Waals surface area (Å²) in [6.07, 6.45) is 2.53. The van der Waals surface area contributed by atoms with Crippen molar-refractivity contribution in [3.05, 3.63) is 0 Å². The number of rotatable bonds is 1. The second-order valence-corrected chi connectivity index (χ2v) is 4.84. The molecule has 1 aliphatic rings. The molecular formula is C6H13N3O2S. The van der Waals surface area contributed by atoms with Crippen LogP contribution >= 0.6 is 0 Å². The van der Waals surface area contributed by atoms with E-state index in [1.807, 2.05) is 0 Å². The van der Waals surface area contributed by atoms with E-state index in [0.29, 0.717) is 25.9 Å². The molecule has 6 heteroatoms. The molecule has 0 radical (unpaired) electrons. The van der Waals surface area contributed by atoms with Gasteiger partial charge >= 0.3 is 0 Å². The van der Waals surface area contributed by atoms with Gasteiger partial charge in [-0.2, -0.15) is 5.10 Å². The van der Waals surface area contributed by atoms with Crippen LogP contribution in [0.2, 0.25) is 0 Å². The monoisotopic (exact) mass is 191 g/mol. The molecule has 0 aromatic carbocycles. The van der Waals surface area contributed by atoms with Crippen LogP contribution in [0.25, 0.3) is 0 Å². The molecule has 0 saturated carbocycles. The third-order valence-electron chi connectivity index (χ3n) is 1.95. The summed E-state index contributed by atoms with van der Waals surface area (Å²) >= 11 is 0. The van der Waals surface area contributed by atoms with Crippen molar-refractivity contribution in [3.63, 3.8) is 0 Å². The van der Waals surface area contributed by atoms with Gasteiger partial charge in [-0.15, -0.1) is 0 Å². The van der Waals surface area contributed by atoms with E-state index in [0.717, 1.165) is 5.71 Å². The number of hydrogen-bond acceptors (Lipinski definition) is 4. The Balaban J connectivity index is 2.58. The maximum atomic E-state index is 11.0. The zero-order valence-corrected chi connectivity index (χ0v) is 7.84. The van der Waals surface area contributed by atoms with E-state index in [9.17, 15) is 8.42 Å². The van der Waals surface area contributed by atoms with Crippen LogP contribution in [0.1, 0.15) is 12.8 Å². The molecule has 1 fully saturated rings. The number of hydrogen-bond donors (Lipinski definition) is 1. The second kappa shape index (κ2) is 3.40. The average molecular weight is 191 g/mol. The zero-order chi connectivity index (χ0) is 9.19. The van der Waals surface area contributed by atoms with Crippen molar-refractivity contribution in [2.75, 3.05) is 19.3 Å². The summed E-state index contributed by atoms with van der Waals surface area (Å²) in [7, 11) is -3.02. The number of hydrazone groups is 1. The molecule has 2 N–H and O–H groups in total. The van der Waals surface area contributed by atoms with Gasteiger partial charge in [0.25, 0.3) is 0 Å². The predicted octanol–water partition coefficient (Wildman–Crippen LogP) is -0.643. The van der Waals surface area contributed by atoms with E-state index >= 15 is 0 Å². The maximum Gasteiger partial charge on any atom is 0.211 e. The molecule has 0 aromatic heterocycles. The summed E-state index contributed by atoms with van der Waals surface area (Å²) in [6.45, 7) is 1.02. The first kappa shape index (κ1) is 9.47. The lowest BCUT2D eigenvalue weighted by molar-refractivity contribution is 0.415. The first-order chi connectivity index (χ1) is 5.54. The molecule has 70 valence electrons. The molecule has 5 nitrogen and oxygen atoms in total. The maximum absolute atomic E-state index is 11.0. The van der Waals surface area contributed by atoms with Crippen molar-refractivity contribution in [2.45, 2.75) is 12.8 Å². The second-order valence-electron chi connectivity index (χ2n) is 2.86. The van der Waals surface area contributed by atoms with Crippen LogP contribution in [0.5, 0.6) is 0 Å². The Labute approximate surface area is 72.3 Å². The topological polar surface area (TPSA) is 75.8 Å². The van der Waals surface area contributed by atoms with Gasteiger partial charge < -0.3 is 5.84 Å². The Morgan fingerprint density at radius 1 is 1.42 bits per heavy atom. The minimum Gasteiger partial charge on any atom is -0.323 e. The van der Waals surface area contributed by atoms with Gasteiger partial charge in [-0.1, -0.05) is 0 Å². The van der Waals surface area contributed by atoms with Gasteiger partial charge in [-0.05, 0) is 0 Å². The number of nitrogens with zero attached hydrogens (tertiary/aromatic N) is 2. The van der Waals surface area contributed by atoms with Crippen molar-refractivity contribution in [3.8, 4) is 0 Å². The molecule has 0 bridgehead atoms. The SMILES string of the molecule is CS(=O)(=O)N1CCC(=NN)CC1. The van der Waals surface area contributed by atoms with Crippen LogP contribution in [0, 0.1) is 0 Å². The lowest BCUT2D eigenvalue weighted by Crippen LogP contribution is -2.38. The van der Waals surface area contributed by atoms with Crippen LogP contribution < -0.4 is 5.84 Å². The standard InChI is InChI=1S/C6H13N3O2S/c1-12(10,11)9-4-2-6(8-7)3-5-9/h2-5,7H2,1H3. The molecule has 0 amide bonds. The van der Waals surface area contributed by atoms with Crippen molar-refractivity contribution in [2.24, 2.45) is 10.9 Å². The highest BCUT2D eigenvalue weighted by molar-refractivity contribution is 7.88. The van der Waals surface area contributed by atoms with Gasteiger partial charge in [0.2, 0.25) is 10.0 Å². The predicted molar refractivity (Wildman–Crippen MR) is 47.3 cm³/mol. The van der Waals surface area contributed by atoms with Crippen LogP contribution in [-0.2, 0) is 10.0 Å². The Kier molecular flexibility index (Phi) is 2.69. The fraction of sp³-hybridized carbons (Fsp3) is 0.833. The molecule has 1 rings (SSSR count). The Hall–Kier alpha value is -0.620. The highest BCUT2D eigenvalue weighted by Gasteiger charge is 2.21. The molecule has 12 heavy (non-hydrogen) atoms. The van der Waals surface area contributed by atoms with E-state index in [4.69, 9.17) is 5.84 Å². The average Bonchev–Trinajstić information content (AvgIpc) is 2.03.